The first-order valence-electron chi connectivity index (χ1n) is 9.27. The van der Waals surface area contributed by atoms with Crippen molar-refractivity contribution in [3.05, 3.63) is 34.9 Å². The molecule has 10 heteroatoms. The van der Waals surface area contributed by atoms with Gasteiger partial charge in [-0.3, -0.25) is 24.0 Å². The Morgan fingerprint density at radius 2 is 1.83 bits per heavy atom. The van der Waals surface area contributed by atoms with Gasteiger partial charge < -0.3 is 4.74 Å². The van der Waals surface area contributed by atoms with Crippen molar-refractivity contribution in [2.75, 3.05) is 46.9 Å². The fourth-order valence-electron chi connectivity index (χ4n) is 3.65. The number of likely N-dealkylation sites (N-methyl/N-ethyl adjacent to an activating group) is 2. The molecule has 0 saturated carbocycles. The molecule has 0 aliphatic carbocycles. The first-order chi connectivity index (χ1) is 13.9. The number of Topliss-reactive ketones (excluding diaryl/α,β-unsaturated/α-hetero) is 1. The fraction of sp³-hybridized carbons (Fsp3) is 0.421. The molecular weight excluding hydrogens is 398 g/mol. The Labute approximate surface area is 172 Å². The molecule has 3 aliphatic heterocycles. The van der Waals surface area contributed by atoms with E-state index in [0.29, 0.717) is 48.7 Å². The SMILES string of the molecule is CN1C(=O)C2C(=NC(=[N+]3CCOCC3)N2CC(=O)c2ccc(Cl)cc2)N(C)C1=O. The summed E-state index contributed by atoms with van der Waals surface area (Å²) >= 11 is 5.92. The summed E-state index contributed by atoms with van der Waals surface area (Å²) in [4.78, 5) is 46.9. The van der Waals surface area contributed by atoms with E-state index in [-0.39, 0.29) is 12.3 Å². The number of benzene rings is 1. The van der Waals surface area contributed by atoms with Crippen molar-refractivity contribution in [1.82, 2.24) is 14.7 Å². The lowest BCUT2D eigenvalue weighted by molar-refractivity contribution is -0.554. The number of carbonyl (C=O) groups is 3. The molecule has 9 nitrogen and oxygen atoms in total. The van der Waals surface area contributed by atoms with Gasteiger partial charge in [0.1, 0.15) is 6.54 Å². The molecule has 3 heterocycles. The van der Waals surface area contributed by atoms with Crippen molar-refractivity contribution in [3.63, 3.8) is 0 Å². The Morgan fingerprint density at radius 3 is 2.48 bits per heavy atom. The first kappa shape index (κ1) is 19.5. The molecule has 29 heavy (non-hydrogen) atoms. The Kier molecular flexibility index (Phi) is 5.10. The van der Waals surface area contributed by atoms with E-state index in [2.05, 4.69) is 4.99 Å². The van der Waals surface area contributed by atoms with Crippen molar-refractivity contribution in [3.8, 4) is 0 Å². The average molecular weight is 419 g/mol. The molecule has 0 bridgehead atoms. The maximum Gasteiger partial charge on any atom is 0.393 e. The molecule has 1 aromatic rings. The maximum absolute atomic E-state index is 13.0. The highest BCUT2D eigenvalue weighted by Crippen LogP contribution is 2.24. The van der Waals surface area contributed by atoms with Gasteiger partial charge in [-0.15, -0.1) is 0 Å². The van der Waals surface area contributed by atoms with Crippen LogP contribution in [0, 0.1) is 0 Å². The minimum Gasteiger partial charge on any atom is -0.375 e. The number of morpholine rings is 1. The molecule has 152 valence electrons. The van der Waals surface area contributed by atoms with Gasteiger partial charge in [-0.2, -0.15) is 0 Å². The fourth-order valence-corrected chi connectivity index (χ4v) is 3.77. The van der Waals surface area contributed by atoms with E-state index in [4.69, 9.17) is 16.3 Å². The Morgan fingerprint density at radius 1 is 1.17 bits per heavy atom. The van der Waals surface area contributed by atoms with E-state index >= 15 is 0 Å². The molecule has 3 amide bonds. The first-order valence-corrected chi connectivity index (χ1v) is 9.65. The lowest BCUT2D eigenvalue weighted by atomic mass is 10.1. The minimum atomic E-state index is -0.822. The number of hydrogen-bond donors (Lipinski definition) is 0. The molecule has 1 unspecified atom stereocenters. The van der Waals surface area contributed by atoms with Gasteiger partial charge in [0.2, 0.25) is 11.9 Å². The zero-order chi connectivity index (χ0) is 20.7. The molecule has 4 rings (SSSR count). The van der Waals surface area contributed by atoms with Gasteiger partial charge in [-0.1, -0.05) is 16.6 Å². The van der Waals surface area contributed by atoms with Crippen LogP contribution in [0.25, 0.3) is 0 Å². The molecule has 0 radical (unpaired) electrons. The van der Waals surface area contributed by atoms with Crippen molar-refractivity contribution in [2.24, 2.45) is 4.99 Å². The summed E-state index contributed by atoms with van der Waals surface area (Å²) in [5, 5.41) is 0.540. The number of halogens is 1. The van der Waals surface area contributed by atoms with Crippen molar-refractivity contribution in [2.45, 2.75) is 6.04 Å². The number of fused-ring (bicyclic) bond motifs is 1. The quantitative estimate of drug-likeness (QED) is 0.528. The number of amidine groups is 1. The number of ketones is 1. The average Bonchev–Trinajstić information content (AvgIpc) is 3.11. The highest BCUT2D eigenvalue weighted by atomic mass is 35.5. The predicted octanol–water partition coefficient (Wildman–Crippen LogP) is 0.528. The van der Waals surface area contributed by atoms with Crippen molar-refractivity contribution in [1.29, 1.82) is 0 Å². The van der Waals surface area contributed by atoms with E-state index in [1.165, 1.54) is 11.9 Å². The molecular formula is C19H21ClN5O4+. The molecule has 3 aliphatic rings. The number of urea groups is 1. The van der Waals surface area contributed by atoms with Crippen LogP contribution in [0.4, 0.5) is 4.79 Å². The highest BCUT2D eigenvalue weighted by Gasteiger charge is 2.55. The number of imide groups is 1. The van der Waals surface area contributed by atoms with Crippen LogP contribution in [0.1, 0.15) is 10.4 Å². The van der Waals surface area contributed by atoms with E-state index in [0.717, 1.165) is 4.90 Å². The summed E-state index contributed by atoms with van der Waals surface area (Å²) < 4.78 is 7.39. The smallest absolute Gasteiger partial charge is 0.375 e. The monoisotopic (exact) mass is 418 g/mol. The number of carbonyl (C=O) groups excluding carboxylic acids is 3. The van der Waals surface area contributed by atoms with Crippen LogP contribution in [0.15, 0.2) is 29.3 Å². The van der Waals surface area contributed by atoms with E-state index < -0.39 is 18.0 Å². The topological polar surface area (TPSA) is 85.5 Å². The normalized spacial score (nSPS) is 22.2. The second kappa shape index (κ2) is 7.57. The van der Waals surface area contributed by atoms with Gasteiger partial charge in [0, 0.05) is 24.7 Å². The predicted molar refractivity (Wildman–Crippen MR) is 105 cm³/mol. The van der Waals surface area contributed by atoms with Crippen molar-refractivity contribution >= 4 is 41.1 Å². The van der Waals surface area contributed by atoms with Crippen LogP contribution in [-0.4, -0.2) is 102 Å². The van der Waals surface area contributed by atoms with Crippen LogP contribution < -0.4 is 0 Å². The van der Waals surface area contributed by atoms with Crippen LogP contribution in [-0.2, 0) is 9.53 Å². The van der Waals surface area contributed by atoms with E-state index in [1.807, 2.05) is 4.58 Å². The Hall–Kier alpha value is -2.78. The minimum absolute atomic E-state index is 0.0480. The molecule has 1 aromatic carbocycles. The number of hydrogen-bond acceptors (Lipinski definition) is 4. The number of ether oxygens (including phenoxy) is 1. The van der Waals surface area contributed by atoms with Crippen molar-refractivity contribution < 1.29 is 23.7 Å². The second-order valence-corrected chi connectivity index (χ2v) is 7.51. The second-order valence-electron chi connectivity index (χ2n) is 7.07. The number of guanidine groups is 1. The van der Waals surface area contributed by atoms with E-state index in [9.17, 15) is 14.4 Å². The Balaban J connectivity index is 1.72. The summed E-state index contributed by atoms with van der Waals surface area (Å²) in [6.45, 7) is 2.19. The lowest BCUT2D eigenvalue weighted by Gasteiger charge is -2.33. The number of aliphatic imine (C=N–C) groups is 1. The summed E-state index contributed by atoms with van der Waals surface area (Å²) in [5.74, 6) is 0.278. The van der Waals surface area contributed by atoms with Gasteiger partial charge in [0.15, 0.2) is 5.78 Å². The standard InChI is InChI=1S/C19H21ClN5O4/c1-22-16-15(17(27)23(2)19(22)28)25(18(21-16)24-7-9-29-10-8-24)11-14(26)12-3-5-13(20)6-4-12/h3-6,15H,7-11H2,1-2H3/q+1. The largest absolute Gasteiger partial charge is 0.393 e. The molecule has 0 N–H and O–H groups in total. The van der Waals surface area contributed by atoms with Gasteiger partial charge in [-0.05, 0) is 24.3 Å². The summed E-state index contributed by atoms with van der Waals surface area (Å²) in [5.41, 5.74) is 0.491. The summed E-state index contributed by atoms with van der Waals surface area (Å²) in [6.07, 6.45) is 0. The van der Waals surface area contributed by atoms with Gasteiger partial charge in [-0.25, -0.2) is 9.69 Å². The summed E-state index contributed by atoms with van der Waals surface area (Å²) in [6, 6.07) is 5.34. The lowest BCUT2D eigenvalue weighted by Crippen LogP contribution is -2.63. The molecule has 0 spiro atoms. The molecule has 2 fully saturated rings. The van der Waals surface area contributed by atoms with Gasteiger partial charge in [0.25, 0.3) is 5.91 Å². The van der Waals surface area contributed by atoms with Gasteiger partial charge in [0.05, 0.1) is 26.3 Å². The maximum atomic E-state index is 13.0. The van der Waals surface area contributed by atoms with Crippen LogP contribution in [0.2, 0.25) is 5.02 Å². The molecule has 2 saturated heterocycles. The number of amides is 3. The van der Waals surface area contributed by atoms with Crippen LogP contribution >= 0.6 is 11.6 Å². The summed E-state index contributed by atoms with van der Waals surface area (Å²) in [7, 11) is 3.02. The number of rotatable bonds is 3. The third-order valence-corrected chi connectivity index (χ3v) is 5.54. The molecule has 1 atom stereocenters. The number of nitrogens with zero attached hydrogens (tertiary/aromatic N) is 5. The van der Waals surface area contributed by atoms with Gasteiger partial charge >= 0.3 is 12.0 Å². The van der Waals surface area contributed by atoms with E-state index in [1.54, 1.807) is 36.2 Å². The highest BCUT2D eigenvalue weighted by molar-refractivity contribution is 6.30. The zero-order valence-corrected chi connectivity index (χ0v) is 16.9. The third kappa shape index (κ3) is 3.40. The van der Waals surface area contributed by atoms with Crippen LogP contribution in [0.5, 0.6) is 0 Å². The third-order valence-electron chi connectivity index (χ3n) is 5.28. The molecule has 0 aromatic heterocycles. The zero-order valence-electron chi connectivity index (χ0n) is 16.2. The Bertz CT molecular complexity index is 934. The van der Waals surface area contributed by atoms with Crippen LogP contribution in [0.3, 0.4) is 0 Å².